The van der Waals surface area contributed by atoms with Crippen molar-refractivity contribution in [2.45, 2.75) is 13.5 Å². The van der Waals surface area contributed by atoms with Crippen LogP contribution < -0.4 is 5.32 Å². The smallest absolute Gasteiger partial charge is 0.132 e. The van der Waals surface area contributed by atoms with Crippen LogP contribution in [-0.2, 0) is 6.54 Å². The first-order chi connectivity index (χ1) is 9.51. The lowest BCUT2D eigenvalue weighted by Crippen LogP contribution is -2.06. The first-order valence-corrected chi connectivity index (χ1v) is 6.68. The van der Waals surface area contributed by atoms with Crippen LogP contribution >= 0.6 is 15.9 Å². The van der Waals surface area contributed by atoms with Crippen LogP contribution in [0.4, 0.5) is 14.5 Å². The van der Waals surface area contributed by atoms with Crippen molar-refractivity contribution in [1.29, 1.82) is 5.26 Å². The van der Waals surface area contributed by atoms with Crippen LogP contribution in [-0.4, -0.2) is 0 Å². The van der Waals surface area contributed by atoms with E-state index in [0.29, 0.717) is 0 Å². The van der Waals surface area contributed by atoms with Crippen molar-refractivity contribution in [3.63, 3.8) is 0 Å². The quantitative estimate of drug-likeness (QED) is 0.894. The third-order valence-corrected chi connectivity index (χ3v) is 3.42. The number of nitriles is 1. The van der Waals surface area contributed by atoms with Crippen molar-refractivity contribution in [1.82, 2.24) is 0 Å². The lowest BCUT2D eigenvalue weighted by atomic mass is 10.1. The predicted octanol–water partition coefficient (Wildman–Crippen LogP) is 4.52. The molecule has 0 saturated heterocycles. The van der Waals surface area contributed by atoms with Gasteiger partial charge in [0.2, 0.25) is 0 Å². The number of halogens is 3. The van der Waals surface area contributed by atoms with Crippen LogP contribution in [0.3, 0.4) is 0 Å². The van der Waals surface area contributed by atoms with Gasteiger partial charge < -0.3 is 5.32 Å². The van der Waals surface area contributed by atoms with Crippen LogP contribution in [0.5, 0.6) is 0 Å². The summed E-state index contributed by atoms with van der Waals surface area (Å²) in [6.07, 6.45) is 0. The number of aryl methyl sites for hydroxylation is 1. The van der Waals surface area contributed by atoms with E-state index in [0.717, 1.165) is 27.9 Å². The van der Waals surface area contributed by atoms with Crippen molar-refractivity contribution in [3.8, 4) is 6.07 Å². The molecule has 0 atom stereocenters. The number of anilines is 1. The highest BCUT2D eigenvalue weighted by Gasteiger charge is 2.11. The van der Waals surface area contributed by atoms with Gasteiger partial charge in [0.25, 0.3) is 0 Å². The third kappa shape index (κ3) is 3.14. The van der Waals surface area contributed by atoms with Crippen molar-refractivity contribution in [2.75, 3.05) is 5.32 Å². The van der Waals surface area contributed by atoms with Crippen molar-refractivity contribution in [3.05, 3.63) is 63.1 Å². The molecule has 0 amide bonds. The van der Waals surface area contributed by atoms with Gasteiger partial charge in [-0.2, -0.15) is 5.26 Å². The molecule has 0 aromatic heterocycles. The van der Waals surface area contributed by atoms with Crippen molar-refractivity contribution < 1.29 is 8.78 Å². The second kappa shape index (κ2) is 6.02. The highest BCUT2D eigenvalue weighted by molar-refractivity contribution is 9.10. The average Bonchev–Trinajstić information content (AvgIpc) is 2.41. The molecule has 0 radical (unpaired) electrons. The van der Waals surface area contributed by atoms with Gasteiger partial charge in [-0.15, -0.1) is 0 Å². The Kier molecular flexibility index (Phi) is 4.35. The summed E-state index contributed by atoms with van der Waals surface area (Å²) in [5.41, 5.74) is 1.66. The van der Waals surface area contributed by atoms with Gasteiger partial charge in [-0.3, -0.25) is 0 Å². The second-order valence-electron chi connectivity index (χ2n) is 4.34. The largest absolute Gasteiger partial charge is 0.380 e. The number of benzene rings is 2. The maximum atomic E-state index is 13.7. The summed E-state index contributed by atoms with van der Waals surface area (Å²) in [7, 11) is 0. The van der Waals surface area contributed by atoms with Gasteiger partial charge in [0.05, 0.1) is 11.6 Å². The zero-order valence-corrected chi connectivity index (χ0v) is 12.3. The van der Waals surface area contributed by atoms with Crippen molar-refractivity contribution in [2.24, 2.45) is 0 Å². The molecule has 2 rings (SSSR count). The number of hydrogen-bond donors (Lipinski definition) is 1. The zero-order chi connectivity index (χ0) is 14.7. The maximum absolute atomic E-state index is 13.7. The summed E-state index contributed by atoms with van der Waals surface area (Å²) in [6.45, 7) is 1.92. The Hall–Kier alpha value is -1.93. The summed E-state index contributed by atoms with van der Waals surface area (Å²) in [4.78, 5) is 0. The van der Waals surface area contributed by atoms with Gasteiger partial charge in [0.1, 0.15) is 11.6 Å². The molecule has 0 fully saturated rings. The molecule has 0 aliphatic rings. The summed E-state index contributed by atoms with van der Waals surface area (Å²) >= 11 is 3.35. The fraction of sp³-hybridized carbons (Fsp3) is 0.133. The summed E-state index contributed by atoms with van der Waals surface area (Å²) in [6, 6.07) is 9.43. The highest BCUT2D eigenvalue weighted by atomic mass is 79.9. The van der Waals surface area contributed by atoms with Crippen LogP contribution in [0.15, 0.2) is 34.8 Å². The Morgan fingerprint density at radius 3 is 2.45 bits per heavy atom. The highest BCUT2D eigenvalue weighted by Crippen LogP contribution is 2.22. The Morgan fingerprint density at radius 1 is 1.20 bits per heavy atom. The number of rotatable bonds is 3. The van der Waals surface area contributed by atoms with E-state index in [-0.39, 0.29) is 17.7 Å². The van der Waals surface area contributed by atoms with Gasteiger partial charge in [0, 0.05) is 22.3 Å². The Labute approximate surface area is 124 Å². The lowest BCUT2D eigenvalue weighted by Gasteiger charge is -2.11. The minimum Gasteiger partial charge on any atom is -0.380 e. The molecule has 0 unspecified atom stereocenters. The van der Waals surface area contributed by atoms with E-state index in [4.69, 9.17) is 5.26 Å². The van der Waals surface area contributed by atoms with Gasteiger partial charge in [-0.05, 0) is 36.8 Å². The molecule has 1 N–H and O–H groups in total. The molecule has 0 aliphatic heterocycles. The molecule has 0 aliphatic carbocycles. The van der Waals surface area contributed by atoms with Gasteiger partial charge in [0.15, 0.2) is 0 Å². The molecule has 102 valence electrons. The summed E-state index contributed by atoms with van der Waals surface area (Å²) in [5, 5.41) is 11.6. The average molecular weight is 337 g/mol. The summed E-state index contributed by atoms with van der Waals surface area (Å²) < 4.78 is 28.4. The second-order valence-corrected chi connectivity index (χ2v) is 5.26. The van der Waals surface area contributed by atoms with E-state index in [2.05, 4.69) is 21.2 Å². The SMILES string of the molecule is Cc1ccc(Br)cc1NCc1c(F)cc(C#N)cc1F. The fourth-order valence-corrected chi connectivity index (χ4v) is 2.17. The molecule has 5 heteroatoms. The molecule has 0 saturated carbocycles. The Bertz CT molecular complexity index is 670. The minimum atomic E-state index is -0.721. The number of nitrogens with one attached hydrogen (secondary N) is 1. The van der Waals surface area contributed by atoms with Crippen LogP contribution in [0, 0.1) is 29.9 Å². The van der Waals surface area contributed by atoms with Crippen LogP contribution in [0.2, 0.25) is 0 Å². The van der Waals surface area contributed by atoms with Gasteiger partial charge >= 0.3 is 0 Å². The predicted molar refractivity (Wildman–Crippen MR) is 77.3 cm³/mol. The van der Waals surface area contributed by atoms with E-state index < -0.39 is 11.6 Å². The molecule has 20 heavy (non-hydrogen) atoms. The maximum Gasteiger partial charge on any atom is 0.132 e. The van der Waals surface area contributed by atoms with E-state index in [9.17, 15) is 8.78 Å². The third-order valence-electron chi connectivity index (χ3n) is 2.93. The minimum absolute atomic E-state index is 0.0146. The molecule has 2 aromatic carbocycles. The Balaban J connectivity index is 2.23. The lowest BCUT2D eigenvalue weighted by molar-refractivity contribution is 0.559. The first kappa shape index (κ1) is 14.5. The topological polar surface area (TPSA) is 35.8 Å². The fourth-order valence-electron chi connectivity index (χ4n) is 1.80. The van der Waals surface area contributed by atoms with E-state index >= 15 is 0 Å². The Morgan fingerprint density at radius 2 is 1.85 bits per heavy atom. The van der Waals surface area contributed by atoms with Crippen LogP contribution in [0.25, 0.3) is 0 Å². The first-order valence-electron chi connectivity index (χ1n) is 5.89. The normalized spacial score (nSPS) is 10.2. The summed E-state index contributed by atoms with van der Waals surface area (Å²) in [5.74, 6) is -1.44. The number of nitrogens with zero attached hydrogens (tertiary/aromatic N) is 1. The van der Waals surface area contributed by atoms with Gasteiger partial charge in [-0.25, -0.2) is 8.78 Å². The monoisotopic (exact) mass is 336 g/mol. The number of hydrogen-bond acceptors (Lipinski definition) is 2. The van der Waals surface area contributed by atoms with Crippen LogP contribution in [0.1, 0.15) is 16.7 Å². The molecular formula is C15H11BrF2N2. The standard InChI is InChI=1S/C15H11BrF2N2/c1-9-2-3-11(16)6-15(9)20-8-12-13(17)4-10(7-19)5-14(12)18/h2-6,20H,8H2,1H3. The van der Waals surface area contributed by atoms with E-state index in [1.807, 2.05) is 25.1 Å². The molecule has 0 bridgehead atoms. The molecule has 2 nitrogen and oxygen atoms in total. The molecule has 0 heterocycles. The molecule has 2 aromatic rings. The van der Waals surface area contributed by atoms with E-state index in [1.165, 1.54) is 0 Å². The van der Waals surface area contributed by atoms with E-state index in [1.54, 1.807) is 6.07 Å². The van der Waals surface area contributed by atoms with Gasteiger partial charge in [-0.1, -0.05) is 22.0 Å². The van der Waals surface area contributed by atoms with Crippen molar-refractivity contribution >= 4 is 21.6 Å². The molecule has 0 spiro atoms. The molecular weight excluding hydrogens is 326 g/mol. The zero-order valence-electron chi connectivity index (χ0n) is 10.7.